The normalized spacial score (nSPS) is 16.5. The zero-order valence-corrected chi connectivity index (χ0v) is 20.8. The Bertz CT molecular complexity index is 962. The standard InChI is InChI=1S/C24H32N2O3S2/c1-15-9-11-16(12-10-15)30-13-7-8-18(27)25-21-19(22(28)29-6)17-14-23(2,3)26-24(4,5)20(17)31-21/h9-12,26H,7-8,13-14H2,1-6H3,(H,25,27). The van der Waals surface area contributed by atoms with E-state index in [0.717, 1.165) is 22.6 Å². The molecule has 0 spiro atoms. The minimum Gasteiger partial charge on any atom is -0.465 e. The van der Waals surface area contributed by atoms with Crippen molar-refractivity contribution >= 4 is 40.0 Å². The maximum Gasteiger partial charge on any atom is 0.341 e. The Hall–Kier alpha value is -1.83. The number of carbonyl (C=O) groups is 2. The average Bonchev–Trinajstić information content (AvgIpc) is 3.03. The largest absolute Gasteiger partial charge is 0.465 e. The molecule has 1 aromatic carbocycles. The Morgan fingerprint density at radius 1 is 1.19 bits per heavy atom. The van der Waals surface area contributed by atoms with Crippen LogP contribution in [0.3, 0.4) is 0 Å². The quantitative estimate of drug-likeness (QED) is 0.324. The number of anilines is 1. The summed E-state index contributed by atoms with van der Waals surface area (Å²) in [5.41, 5.74) is 2.28. The van der Waals surface area contributed by atoms with Gasteiger partial charge in [0.15, 0.2) is 0 Å². The van der Waals surface area contributed by atoms with Crippen LogP contribution in [0.15, 0.2) is 29.2 Å². The van der Waals surface area contributed by atoms with Crippen LogP contribution in [0.2, 0.25) is 0 Å². The van der Waals surface area contributed by atoms with E-state index in [1.807, 2.05) is 0 Å². The maximum absolute atomic E-state index is 12.7. The molecule has 5 nitrogen and oxygen atoms in total. The predicted molar refractivity (Wildman–Crippen MR) is 129 cm³/mol. The van der Waals surface area contributed by atoms with Crippen molar-refractivity contribution < 1.29 is 14.3 Å². The summed E-state index contributed by atoms with van der Waals surface area (Å²) in [6.45, 7) is 10.5. The molecule has 1 aliphatic heterocycles. The van der Waals surface area contributed by atoms with Gasteiger partial charge in [0.2, 0.25) is 5.91 Å². The molecule has 0 fully saturated rings. The Balaban J connectivity index is 1.69. The highest BCUT2D eigenvalue weighted by Crippen LogP contribution is 2.45. The third-order valence-electron chi connectivity index (χ3n) is 5.32. The van der Waals surface area contributed by atoms with E-state index < -0.39 is 5.97 Å². The molecule has 3 rings (SSSR count). The van der Waals surface area contributed by atoms with Gasteiger partial charge in [-0.1, -0.05) is 17.7 Å². The molecule has 0 bridgehead atoms. The van der Waals surface area contributed by atoms with Crippen LogP contribution >= 0.6 is 23.1 Å². The molecular formula is C24H32N2O3S2. The van der Waals surface area contributed by atoms with Crippen LogP contribution in [0, 0.1) is 6.92 Å². The van der Waals surface area contributed by atoms with Crippen molar-refractivity contribution in [1.29, 1.82) is 0 Å². The van der Waals surface area contributed by atoms with E-state index in [1.165, 1.54) is 28.9 Å². The molecule has 0 saturated heterocycles. The first-order valence-corrected chi connectivity index (χ1v) is 12.4. The van der Waals surface area contributed by atoms with Crippen LogP contribution < -0.4 is 10.6 Å². The van der Waals surface area contributed by atoms with Crippen LogP contribution in [0.4, 0.5) is 5.00 Å². The summed E-state index contributed by atoms with van der Waals surface area (Å²) >= 11 is 3.23. The van der Waals surface area contributed by atoms with Crippen LogP contribution in [-0.4, -0.2) is 30.3 Å². The molecule has 2 aromatic rings. The fraction of sp³-hybridized carbons (Fsp3) is 0.500. The van der Waals surface area contributed by atoms with E-state index in [4.69, 9.17) is 4.74 Å². The number of thiophene rings is 1. The molecule has 0 aliphatic carbocycles. The number of benzene rings is 1. The molecule has 1 amide bonds. The number of carbonyl (C=O) groups excluding carboxylic acids is 2. The number of hydrogen-bond donors (Lipinski definition) is 2. The number of amides is 1. The molecule has 168 valence electrons. The second kappa shape index (κ2) is 9.35. The van der Waals surface area contributed by atoms with Gasteiger partial charge in [0.25, 0.3) is 0 Å². The highest BCUT2D eigenvalue weighted by Gasteiger charge is 2.42. The van der Waals surface area contributed by atoms with Gasteiger partial charge >= 0.3 is 5.97 Å². The molecule has 0 saturated carbocycles. The van der Waals surface area contributed by atoms with Gasteiger partial charge in [0, 0.05) is 27.3 Å². The van der Waals surface area contributed by atoms with Crippen molar-refractivity contribution in [3.63, 3.8) is 0 Å². The van der Waals surface area contributed by atoms with E-state index in [1.54, 1.807) is 11.8 Å². The van der Waals surface area contributed by atoms with Gasteiger partial charge in [-0.25, -0.2) is 4.79 Å². The summed E-state index contributed by atoms with van der Waals surface area (Å²) in [6.07, 6.45) is 1.88. The lowest BCUT2D eigenvalue weighted by Crippen LogP contribution is -2.55. The Kier molecular flexibility index (Phi) is 7.18. The van der Waals surface area contributed by atoms with Crippen LogP contribution in [0.25, 0.3) is 0 Å². The van der Waals surface area contributed by atoms with Crippen molar-refractivity contribution in [2.24, 2.45) is 0 Å². The fourth-order valence-corrected chi connectivity index (χ4v) is 6.31. The molecule has 1 aromatic heterocycles. The van der Waals surface area contributed by atoms with E-state index in [9.17, 15) is 9.59 Å². The first-order valence-electron chi connectivity index (χ1n) is 10.6. The number of thioether (sulfide) groups is 1. The lowest BCUT2D eigenvalue weighted by Gasteiger charge is -2.42. The van der Waals surface area contributed by atoms with Gasteiger partial charge < -0.3 is 15.4 Å². The van der Waals surface area contributed by atoms with Crippen LogP contribution in [0.1, 0.15) is 66.9 Å². The zero-order chi connectivity index (χ0) is 22.8. The van der Waals surface area contributed by atoms with Gasteiger partial charge in [-0.3, -0.25) is 4.79 Å². The van der Waals surface area contributed by atoms with Crippen LogP contribution in [-0.2, 0) is 21.5 Å². The Labute approximate surface area is 193 Å². The third-order valence-corrected chi connectivity index (χ3v) is 7.89. The third kappa shape index (κ3) is 5.70. The van der Waals surface area contributed by atoms with Gasteiger partial charge in [-0.2, -0.15) is 0 Å². The predicted octanol–water partition coefficient (Wildman–Crippen LogP) is 5.51. The van der Waals surface area contributed by atoms with E-state index in [2.05, 4.69) is 69.5 Å². The number of esters is 1. The van der Waals surface area contributed by atoms with Crippen molar-refractivity contribution in [1.82, 2.24) is 5.32 Å². The van der Waals surface area contributed by atoms with Gasteiger partial charge in [-0.15, -0.1) is 23.1 Å². The minimum absolute atomic E-state index is 0.0710. The summed E-state index contributed by atoms with van der Waals surface area (Å²) in [4.78, 5) is 27.6. The molecule has 7 heteroatoms. The van der Waals surface area contributed by atoms with E-state index in [0.29, 0.717) is 23.4 Å². The van der Waals surface area contributed by atoms with Gasteiger partial charge in [0.1, 0.15) is 5.00 Å². The van der Waals surface area contributed by atoms with Crippen molar-refractivity contribution in [3.8, 4) is 0 Å². The highest BCUT2D eigenvalue weighted by molar-refractivity contribution is 7.99. The topological polar surface area (TPSA) is 67.4 Å². The molecule has 0 unspecified atom stereocenters. The molecule has 31 heavy (non-hydrogen) atoms. The number of nitrogens with one attached hydrogen (secondary N) is 2. The smallest absolute Gasteiger partial charge is 0.341 e. The molecular weight excluding hydrogens is 428 g/mol. The van der Waals surface area contributed by atoms with E-state index in [-0.39, 0.29) is 17.0 Å². The summed E-state index contributed by atoms with van der Waals surface area (Å²) < 4.78 is 5.07. The highest BCUT2D eigenvalue weighted by atomic mass is 32.2. The second-order valence-corrected chi connectivity index (χ2v) is 11.4. The second-order valence-electron chi connectivity index (χ2n) is 9.23. The first kappa shape index (κ1) is 23.8. The number of ether oxygens (including phenoxy) is 1. The summed E-state index contributed by atoms with van der Waals surface area (Å²) in [6, 6.07) is 8.41. The molecule has 0 radical (unpaired) electrons. The summed E-state index contributed by atoms with van der Waals surface area (Å²) in [5.74, 6) is 0.404. The van der Waals surface area contributed by atoms with Gasteiger partial charge in [-0.05, 0) is 70.9 Å². The lowest BCUT2D eigenvalue weighted by molar-refractivity contribution is -0.116. The Morgan fingerprint density at radius 2 is 1.87 bits per heavy atom. The SMILES string of the molecule is COC(=O)c1c(NC(=O)CCCSc2ccc(C)cc2)sc2c1CC(C)(C)NC2(C)C. The van der Waals surface area contributed by atoms with Crippen molar-refractivity contribution in [2.45, 2.75) is 69.9 Å². The molecule has 2 N–H and O–H groups in total. The summed E-state index contributed by atoms with van der Waals surface area (Å²) in [5, 5.41) is 7.24. The number of rotatable bonds is 7. The van der Waals surface area contributed by atoms with Gasteiger partial charge in [0.05, 0.1) is 12.7 Å². The van der Waals surface area contributed by atoms with Crippen LogP contribution in [0.5, 0.6) is 0 Å². The number of hydrogen-bond acceptors (Lipinski definition) is 6. The monoisotopic (exact) mass is 460 g/mol. The van der Waals surface area contributed by atoms with Crippen molar-refractivity contribution in [2.75, 3.05) is 18.2 Å². The number of methoxy groups -OCH3 is 1. The average molecular weight is 461 g/mol. The maximum atomic E-state index is 12.7. The minimum atomic E-state index is -0.392. The Morgan fingerprint density at radius 3 is 2.52 bits per heavy atom. The summed E-state index contributed by atoms with van der Waals surface area (Å²) in [7, 11) is 1.39. The molecule has 0 atom stereocenters. The zero-order valence-electron chi connectivity index (χ0n) is 19.2. The number of aryl methyl sites for hydroxylation is 1. The fourth-order valence-electron chi connectivity index (χ4n) is 4.18. The first-order chi connectivity index (χ1) is 14.5. The molecule has 2 heterocycles. The van der Waals surface area contributed by atoms with E-state index >= 15 is 0 Å². The number of fused-ring (bicyclic) bond motifs is 1. The lowest BCUT2D eigenvalue weighted by atomic mass is 9.81. The van der Waals surface area contributed by atoms with Crippen molar-refractivity contribution in [3.05, 3.63) is 45.8 Å². The molecule has 1 aliphatic rings.